The minimum absolute atomic E-state index is 0.0985. The molecule has 0 amide bonds. The Morgan fingerprint density at radius 1 is 1.08 bits per heavy atom. The number of alkyl halides is 3. The van der Waals surface area contributed by atoms with Gasteiger partial charge in [0.15, 0.2) is 5.78 Å². The number of Topliss-reactive ketones (excluding diaryl/α,β-unsaturated/α-hetero) is 1. The van der Waals surface area contributed by atoms with Crippen molar-refractivity contribution in [2.24, 2.45) is 7.05 Å². The molecule has 2 aromatic carbocycles. The Morgan fingerprint density at radius 3 is 2.50 bits per heavy atom. The van der Waals surface area contributed by atoms with Crippen LogP contribution in [0.1, 0.15) is 15.9 Å². The zero-order valence-electron chi connectivity index (χ0n) is 12.9. The fourth-order valence-electron chi connectivity index (χ4n) is 2.72. The maximum atomic E-state index is 13.0. The first-order chi connectivity index (χ1) is 11.4. The predicted molar refractivity (Wildman–Crippen MR) is 87.2 cm³/mol. The Bertz CT molecular complexity index is 897. The zero-order valence-corrected chi connectivity index (χ0v) is 12.9. The summed E-state index contributed by atoms with van der Waals surface area (Å²) in [6.07, 6.45) is -2.77. The Labute approximate surface area is 136 Å². The first-order valence-corrected chi connectivity index (χ1v) is 7.35. The molecule has 0 aliphatic carbocycles. The van der Waals surface area contributed by atoms with Crippen LogP contribution < -0.4 is 5.32 Å². The molecule has 24 heavy (non-hydrogen) atoms. The molecule has 0 unspecified atom stereocenters. The van der Waals surface area contributed by atoms with Crippen LogP contribution in [0.4, 0.5) is 18.9 Å². The predicted octanol–water partition coefficient (Wildman–Crippen LogP) is 4.49. The third-order valence-electron chi connectivity index (χ3n) is 3.87. The smallest absolute Gasteiger partial charge is 0.377 e. The van der Waals surface area contributed by atoms with Gasteiger partial charge in [0.1, 0.15) is 0 Å². The van der Waals surface area contributed by atoms with Crippen LogP contribution in [-0.2, 0) is 13.2 Å². The molecule has 0 radical (unpaired) electrons. The number of ketones is 1. The average Bonchev–Trinajstić information content (AvgIpc) is 2.90. The van der Waals surface area contributed by atoms with Gasteiger partial charge >= 0.3 is 6.18 Å². The summed E-state index contributed by atoms with van der Waals surface area (Å²) in [5.41, 5.74) is 0.510. The number of carbonyl (C=O) groups is 1. The lowest BCUT2D eigenvalue weighted by Gasteiger charge is -2.13. The van der Waals surface area contributed by atoms with E-state index in [1.165, 1.54) is 18.2 Å². The molecule has 0 saturated carbocycles. The normalized spacial score (nSPS) is 11.7. The fourth-order valence-corrected chi connectivity index (χ4v) is 2.72. The quantitative estimate of drug-likeness (QED) is 0.714. The number of hydrogen-bond acceptors (Lipinski definition) is 2. The van der Waals surface area contributed by atoms with Crippen molar-refractivity contribution in [3.05, 3.63) is 65.9 Å². The number of carbonyl (C=O) groups excluding carboxylic acids is 1. The van der Waals surface area contributed by atoms with Gasteiger partial charge in [-0.25, -0.2) is 0 Å². The molecule has 124 valence electrons. The van der Waals surface area contributed by atoms with Crippen molar-refractivity contribution < 1.29 is 18.0 Å². The lowest BCUT2D eigenvalue weighted by molar-refractivity contribution is -0.136. The van der Waals surface area contributed by atoms with E-state index in [1.807, 2.05) is 35.9 Å². The van der Waals surface area contributed by atoms with Crippen molar-refractivity contribution in [1.29, 1.82) is 0 Å². The molecule has 0 spiro atoms. The van der Waals surface area contributed by atoms with Crippen molar-refractivity contribution in [2.45, 2.75) is 6.18 Å². The number of benzene rings is 2. The van der Waals surface area contributed by atoms with Gasteiger partial charge < -0.3 is 9.88 Å². The summed E-state index contributed by atoms with van der Waals surface area (Å²) >= 11 is 0. The van der Waals surface area contributed by atoms with Crippen LogP contribution >= 0.6 is 0 Å². The monoisotopic (exact) mass is 332 g/mol. The van der Waals surface area contributed by atoms with Gasteiger partial charge in [0, 0.05) is 35.4 Å². The molecule has 3 aromatic rings. The highest BCUT2D eigenvalue weighted by Crippen LogP contribution is 2.34. The molecule has 0 fully saturated rings. The topological polar surface area (TPSA) is 34.0 Å². The highest BCUT2D eigenvalue weighted by molar-refractivity contribution is 6.09. The molecule has 1 aromatic heterocycles. The molecular weight excluding hydrogens is 317 g/mol. The lowest BCUT2D eigenvalue weighted by atomic mass is 10.1. The second-order valence-corrected chi connectivity index (χ2v) is 5.49. The molecule has 0 aliphatic heterocycles. The summed E-state index contributed by atoms with van der Waals surface area (Å²) < 4.78 is 40.8. The summed E-state index contributed by atoms with van der Waals surface area (Å²) in [7, 11) is 1.82. The first kappa shape index (κ1) is 16.1. The van der Waals surface area contributed by atoms with Crippen LogP contribution in [0.25, 0.3) is 10.9 Å². The Hall–Kier alpha value is -2.76. The van der Waals surface area contributed by atoms with Crippen LogP contribution in [0, 0.1) is 0 Å². The molecule has 1 N–H and O–H groups in total. The number of nitrogens with zero attached hydrogens (tertiary/aromatic N) is 1. The van der Waals surface area contributed by atoms with Gasteiger partial charge in [-0.2, -0.15) is 13.2 Å². The molecule has 3 nitrogen and oxygen atoms in total. The summed E-state index contributed by atoms with van der Waals surface area (Å²) in [4.78, 5) is 12.4. The zero-order chi connectivity index (χ0) is 17.3. The van der Waals surface area contributed by atoms with Gasteiger partial charge in [0.05, 0.1) is 12.1 Å². The largest absolute Gasteiger partial charge is 0.418 e. The number of halogens is 3. The third kappa shape index (κ3) is 2.99. The molecule has 1 heterocycles. The van der Waals surface area contributed by atoms with Crippen LogP contribution in [0.5, 0.6) is 0 Å². The highest BCUT2D eigenvalue weighted by atomic mass is 19.4. The van der Waals surface area contributed by atoms with Gasteiger partial charge in [-0.3, -0.25) is 4.79 Å². The van der Waals surface area contributed by atoms with E-state index in [4.69, 9.17) is 0 Å². The molecule has 0 bridgehead atoms. The van der Waals surface area contributed by atoms with Crippen LogP contribution in [-0.4, -0.2) is 16.9 Å². The fraction of sp³-hybridized carbons (Fsp3) is 0.167. The molecule has 0 aliphatic rings. The van der Waals surface area contributed by atoms with Crippen molar-refractivity contribution >= 4 is 22.4 Å². The van der Waals surface area contributed by atoms with E-state index in [9.17, 15) is 18.0 Å². The SMILES string of the molecule is Cn1cc(C(=O)CNc2ccccc2C(F)(F)F)c2ccccc21. The Balaban J connectivity index is 1.84. The first-order valence-electron chi connectivity index (χ1n) is 7.35. The van der Waals surface area contributed by atoms with Gasteiger partial charge in [0.25, 0.3) is 0 Å². The summed E-state index contributed by atoms with van der Waals surface area (Å²) in [6.45, 7) is -0.207. The Morgan fingerprint density at radius 2 is 1.75 bits per heavy atom. The highest BCUT2D eigenvalue weighted by Gasteiger charge is 2.33. The molecule has 0 atom stereocenters. The number of aromatic nitrogens is 1. The summed E-state index contributed by atoms with van der Waals surface area (Å²) in [6, 6.07) is 12.5. The average molecular weight is 332 g/mol. The van der Waals surface area contributed by atoms with Gasteiger partial charge in [0.2, 0.25) is 0 Å². The maximum Gasteiger partial charge on any atom is 0.418 e. The van der Waals surface area contributed by atoms with Crippen molar-refractivity contribution in [2.75, 3.05) is 11.9 Å². The number of para-hydroxylation sites is 2. The number of fused-ring (bicyclic) bond motifs is 1. The van der Waals surface area contributed by atoms with Gasteiger partial charge in [-0.15, -0.1) is 0 Å². The number of aryl methyl sites for hydroxylation is 1. The summed E-state index contributed by atoms with van der Waals surface area (Å²) in [5, 5.41) is 3.40. The van der Waals surface area contributed by atoms with E-state index in [-0.39, 0.29) is 18.0 Å². The standard InChI is InChI=1S/C18H15F3N2O/c1-23-11-13(12-6-2-5-9-16(12)23)17(24)10-22-15-8-4-3-7-14(15)18(19,20)21/h2-9,11,22H,10H2,1H3. The van der Waals surface area contributed by atoms with Gasteiger partial charge in [-0.05, 0) is 18.2 Å². The third-order valence-corrected chi connectivity index (χ3v) is 3.87. The van der Waals surface area contributed by atoms with E-state index < -0.39 is 11.7 Å². The number of nitrogens with one attached hydrogen (secondary N) is 1. The number of rotatable bonds is 4. The van der Waals surface area contributed by atoms with E-state index in [0.717, 1.165) is 17.0 Å². The second-order valence-electron chi connectivity index (χ2n) is 5.49. The van der Waals surface area contributed by atoms with E-state index >= 15 is 0 Å². The molecule has 6 heteroatoms. The molecular formula is C18H15F3N2O. The van der Waals surface area contributed by atoms with E-state index in [1.54, 1.807) is 6.20 Å². The molecule has 0 saturated heterocycles. The summed E-state index contributed by atoms with van der Waals surface area (Å²) in [5.74, 6) is -0.260. The minimum Gasteiger partial charge on any atom is -0.377 e. The second kappa shape index (κ2) is 6.03. The van der Waals surface area contributed by atoms with Crippen LogP contribution in [0.3, 0.4) is 0 Å². The number of hydrogen-bond donors (Lipinski definition) is 1. The minimum atomic E-state index is -4.47. The lowest BCUT2D eigenvalue weighted by Crippen LogP contribution is -2.17. The molecule has 3 rings (SSSR count). The van der Waals surface area contributed by atoms with E-state index in [2.05, 4.69) is 5.32 Å². The van der Waals surface area contributed by atoms with E-state index in [0.29, 0.717) is 5.56 Å². The van der Waals surface area contributed by atoms with Crippen LogP contribution in [0.15, 0.2) is 54.7 Å². The van der Waals surface area contributed by atoms with Crippen molar-refractivity contribution in [3.63, 3.8) is 0 Å². The van der Waals surface area contributed by atoms with Crippen molar-refractivity contribution in [1.82, 2.24) is 4.57 Å². The van der Waals surface area contributed by atoms with Crippen LogP contribution in [0.2, 0.25) is 0 Å². The number of anilines is 1. The Kier molecular flexibility index (Phi) is 4.05. The maximum absolute atomic E-state index is 13.0. The van der Waals surface area contributed by atoms with Gasteiger partial charge in [-0.1, -0.05) is 30.3 Å². The van der Waals surface area contributed by atoms with Crippen molar-refractivity contribution in [3.8, 4) is 0 Å².